The van der Waals surface area contributed by atoms with Gasteiger partial charge in [-0.15, -0.1) is 0 Å². The zero-order valence-electron chi connectivity index (χ0n) is 17.4. The Morgan fingerprint density at radius 2 is 1.90 bits per heavy atom. The Hall–Kier alpha value is -3.74. The van der Waals surface area contributed by atoms with Crippen LogP contribution in [0.4, 0.5) is 0 Å². The minimum absolute atomic E-state index is 0.329. The van der Waals surface area contributed by atoms with Crippen LogP contribution in [0.3, 0.4) is 0 Å². The lowest BCUT2D eigenvalue weighted by atomic mass is 10.1. The van der Waals surface area contributed by atoms with Crippen LogP contribution in [0.25, 0.3) is 39.0 Å². The average molecular weight is 398 g/mol. The topological polar surface area (TPSA) is 70.7 Å². The van der Waals surface area contributed by atoms with Gasteiger partial charge in [-0.2, -0.15) is 5.10 Å². The Kier molecular flexibility index (Phi) is 4.24. The van der Waals surface area contributed by atoms with Crippen LogP contribution in [-0.4, -0.2) is 36.4 Å². The normalized spacial score (nSPS) is 11.6. The highest BCUT2D eigenvalue weighted by molar-refractivity contribution is 5.87. The molecular formula is C23H22N6O. The van der Waals surface area contributed by atoms with Gasteiger partial charge in [0.05, 0.1) is 30.1 Å². The van der Waals surface area contributed by atoms with Crippen molar-refractivity contribution in [3.05, 3.63) is 60.8 Å². The fraction of sp³-hybridized carbons (Fsp3) is 0.217. The Balaban J connectivity index is 1.72. The molecule has 0 saturated heterocycles. The van der Waals surface area contributed by atoms with Gasteiger partial charge in [0.15, 0.2) is 5.82 Å². The summed E-state index contributed by atoms with van der Waals surface area (Å²) in [5.74, 6) is 1.50. The number of hydrogen-bond acceptors (Lipinski definition) is 5. The molecule has 150 valence electrons. The van der Waals surface area contributed by atoms with Crippen LogP contribution in [0.15, 0.2) is 55.1 Å². The van der Waals surface area contributed by atoms with Crippen LogP contribution in [0.1, 0.15) is 25.6 Å². The summed E-state index contributed by atoms with van der Waals surface area (Å²) in [5.41, 5.74) is 4.42. The number of hydrogen-bond donors (Lipinski definition) is 0. The first-order valence-corrected chi connectivity index (χ1v) is 9.88. The first-order valence-electron chi connectivity index (χ1n) is 9.88. The molecule has 30 heavy (non-hydrogen) atoms. The summed E-state index contributed by atoms with van der Waals surface area (Å²) in [4.78, 5) is 13.9. The van der Waals surface area contributed by atoms with Gasteiger partial charge >= 0.3 is 0 Å². The van der Waals surface area contributed by atoms with E-state index >= 15 is 0 Å². The zero-order chi connectivity index (χ0) is 20.8. The standard InChI is InChI=1S/C23H22N6O/c1-14(2)28-10-8-16-5-6-22(27-23(16)28)29-20-11-19(26-15(3)17(20)13-25-29)18-12-24-9-7-21(18)30-4/h5-14H,1-4H3. The molecule has 5 heterocycles. The lowest BCUT2D eigenvalue weighted by Gasteiger charge is -2.11. The van der Waals surface area contributed by atoms with Gasteiger partial charge in [-0.3, -0.25) is 9.97 Å². The monoisotopic (exact) mass is 398 g/mol. The molecule has 0 unspecified atom stereocenters. The predicted molar refractivity (Wildman–Crippen MR) is 117 cm³/mol. The van der Waals surface area contributed by atoms with Crippen LogP contribution in [0.2, 0.25) is 0 Å². The van der Waals surface area contributed by atoms with E-state index in [0.29, 0.717) is 6.04 Å². The van der Waals surface area contributed by atoms with Gasteiger partial charge in [0, 0.05) is 41.1 Å². The third kappa shape index (κ3) is 2.82. The number of aryl methyl sites for hydroxylation is 1. The minimum atomic E-state index is 0.329. The summed E-state index contributed by atoms with van der Waals surface area (Å²) in [6, 6.07) is 10.4. The Morgan fingerprint density at radius 3 is 2.70 bits per heavy atom. The molecule has 0 aromatic carbocycles. The smallest absolute Gasteiger partial charge is 0.156 e. The molecule has 7 heteroatoms. The molecule has 0 radical (unpaired) electrons. The Bertz CT molecular complexity index is 1380. The van der Waals surface area contributed by atoms with Crippen LogP contribution in [-0.2, 0) is 0 Å². The van der Waals surface area contributed by atoms with E-state index in [1.54, 1.807) is 19.5 Å². The van der Waals surface area contributed by atoms with Gasteiger partial charge in [0.1, 0.15) is 11.4 Å². The third-order valence-corrected chi connectivity index (χ3v) is 5.36. The number of rotatable bonds is 4. The van der Waals surface area contributed by atoms with Crippen LogP contribution in [0, 0.1) is 6.92 Å². The van der Waals surface area contributed by atoms with Crippen molar-refractivity contribution in [2.75, 3.05) is 7.11 Å². The number of methoxy groups -OCH3 is 1. The van der Waals surface area contributed by atoms with E-state index in [9.17, 15) is 0 Å². The second-order valence-electron chi connectivity index (χ2n) is 7.56. The second-order valence-corrected chi connectivity index (χ2v) is 7.56. The Labute approximate surface area is 174 Å². The summed E-state index contributed by atoms with van der Waals surface area (Å²) in [5, 5.41) is 6.73. The lowest BCUT2D eigenvalue weighted by molar-refractivity contribution is 0.416. The van der Waals surface area contributed by atoms with Crippen molar-refractivity contribution < 1.29 is 4.74 Å². The van der Waals surface area contributed by atoms with E-state index in [-0.39, 0.29) is 0 Å². The number of pyridine rings is 3. The summed E-state index contributed by atoms with van der Waals surface area (Å²) in [6.45, 7) is 6.29. The maximum atomic E-state index is 5.51. The van der Waals surface area contributed by atoms with Gasteiger partial charge in [-0.05, 0) is 51.1 Å². The third-order valence-electron chi connectivity index (χ3n) is 5.36. The molecule has 0 aliphatic heterocycles. The second kappa shape index (κ2) is 6.95. The van der Waals surface area contributed by atoms with E-state index in [1.165, 1.54) is 0 Å². The highest BCUT2D eigenvalue weighted by Crippen LogP contribution is 2.31. The average Bonchev–Trinajstić information content (AvgIpc) is 3.37. The van der Waals surface area contributed by atoms with Gasteiger partial charge in [-0.1, -0.05) is 0 Å². The van der Waals surface area contributed by atoms with Gasteiger partial charge in [0.2, 0.25) is 0 Å². The number of aromatic nitrogens is 6. The van der Waals surface area contributed by atoms with Crippen LogP contribution < -0.4 is 4.74 Å². The number of ether oxygens (including phenoxy) is 1. The van der Waals surface area contributed by atoms with E-state index in [2.05, 4.69) is 46.8 Å². The molecule has 0 aliphatic rings. The van der Waals surface area contributed by atoms with Crippen molar-refractivity contribution in [1.29, 1.82) is 0 Å². The SMILES string of the molecule is COc1ccncc1-c1cc2c(cnn2-c2ccc3ccn(C(C)C)c3n2)c(C)n1. The molecule has 0 saturated carbocycles. The fourth-order valence-electron chi connectivity index (χ4n) is 3.80. The first kappa shape index (κ1) is 18.3. The van der Waals surface area contributed by atoms with Crippen molar-refractivity contribution in [3.8, 4) is 22.8 Å². The lowest BCUT2D eigenvalue weighted by Crippen LogP contribution is -2.04. The summed E-state index contributed by atoms with van der Waals surface area (Å²) < 4.78 is 9.54. The van der Waals surface area contributed by atoms with E-state index in [4.69, 9.17) is 14.7 Å². The molecule has 0 amide bonds. The fourth-order valence-corrected chi connectivity index (χ4v) is 3.80. The Morgan fingerprint density at radius 1 is 1.03 bits per heavy atom. The van der Waals surface area contributed by atoms with E-state index < -0.39 is 0 Å². The first-order chi connectivity index (χ1) is 14.6. The van der Waals surface area contributed by atoms with Gasteiger partial charge in [-0.25, -0.2) is 9.67 Å². The van der Waals surface area contributed by atoms with Crippen molar-refractivity contribution in [3.63, 3.8) is 0 Å². The van der Waals surface area contributed by atoms with Crippen LogP contribution in [0.5, 0.6) is 5.75 Å². The number of fused-ring (bicyclic) bond motifs is 2. The van der Waals surface area contributed by atoms with Crippen LogP contribution >= 0.6 is 0 Å². The highest BCUT2D eigenvalue weighted by Gasteiger charge is 2.15. The quantitative estimate of drug-likeness (QED) is 0.438. The van der Waals surface area contributed by atoms with Crippen molar-refractivity contribution in [1.82, 2.24) is 29.3 Å². The number of nitrogens with zero attached hydrogens (tertiary/aromatic N) is 6. The molecular weight excluding hydrogens is 376 g/mol. The van der Waals surface area contributed by atoms with Crippen molar-refractivity contribution >= 4 is 21.9 Å². The largest absolute Gasteiger partial charge is 0.496 e. The zero-order valence-corrected chi connectivity index (χ0v) is 17.4. The molecule has 0 N–H and O–H groups in total. The summed E-state index contributed by atoms with van der Waals surface area (Å²) in [6.07, 6.45) is 7.40. The summed E-state index contributed by atoms with van der Waals surface area (Å²) >= 11 is 0. The molecule has 7 nitrogen and oxygen atoms in total. The van der Waals surface area contributed by atoms with Crippen molar-refractivity contribution in [2.24, 2.45) is 0 Å². The minimum Gasteiger partial charge on any atom is -0.496 e. The molecule has 5 rings (SSSR count). The van der Waals surface area contributed by atoms with E-state index in [1.807, 2.05) is 36.0 Å². The highest BCUT2D eigenvalue weighted by atomic mass is 16.5. The molecule has 5 aromatic rings. The van der Waals surface area contributed by atoms with E-state index in [0.717, 1.165) is 50.5 Å². The summed E-state index contributed by atoms with van der Waals surface area (Å²) in [7, 11) is 1.65. The molecule has 5 aromatic heterocycles. The van der Waals surface area contributed by atoms with Gasteiger partial charge in [0.25, 0.3) is 0 Å². The molecule has 0 fully saturated rings. The molecule has 0 atom stereocenters. The van der Waals surface area contributed by atoms with Gasteiger partial charge < -0.3 is 9.30 Å². The van der Waals surface area contributed by atoms with Crippen molar-refractivity contribution in [2.45, 2.75) is 26.8 Å². The maximum absolute atomic E-state index is 5.51. The molecule has 0 aliphatic carbocycles. The maximum Gasteiger partial charge on any atom is 0.156 e. The molecule has 0 spiro atoms. The predicted octanol–water partition coefficient (Wildman–Crippen LogP) is 4.73. The molecule has 0 bridgehead atoms.